The molecule has 0 radical (unpaired) electrons. The Balaban J connectivity index is 2.34. The van der Waals surface area contributed by atoms with Crippen LogP contribution in [0.1, 0.15) is 53.9 Å². The molecule has 0 spiro atoms. The molecule has 2 atom stereocenters. The fourth-order valence-electron chi connectivity index (χ4n) is 3.13. The second kappa shape index (κ2) is 7.88. The molecule has 1 rings (SSSR count). The van der Waals surface area contributed by atoms with Gasteiger partial charge in [0.1, 0.15) is 0 Å². The maximum absolute atomic E-state index is 12.1. The number of nitrogens with one attached hydrogen (secondary N) is 2. The number of rotatable bonds is 6. The molecular formula is C16H32N2O. The predicted molar refractivity (Wildman–Crippen MR) is 81.0 cm³/mol. The van der Waals surface area contributed by atoms with Crippen molar-refractivity contribution in [2.75, 3.05) is 13.1 Å². The van der Waals surface area contributed by atoms with Gasteiger partial charge < -0.3 is 10.6 Å². The van der Waals surface area contributed by atoms with Gasteiger partial charge in [-0.1, -0.05) is 34.6 Å². The average molecular weight is 268 g/mol. The molecule has 0 aliphatic carbocycles. The van der Waals surface area contributed by atoms with Gasteiger partial charge in [-0.15, -0.1) is 0 Å². The smallest absolute Gasteiger partial charge is 0.221 e. The molecule has 112 valence electrons. The molecule has 1 aliphatic heterocycles. The minimum atomic E-state index is 0.206. The zero-order valence-electron chi connectivity index (χ0n) is 13.3. The number of carbonyl (C=O) groups excluding carboxylic acids is 1. The molecule has 0 aromatic heterocycles. The Morgan fingerprint density at radius 1 is 1.26 bits per heavy atom. The maximum atomic E-state index is 12.1. The first-order valence-electron chi connectivity index (χ1n) is 7.91. The van der Waals surface area contributed by atoms with Gasteiger partial charge in [-0.2, -0.15) is 0 Å². The van der Waals surface area contributed by atoms with E-state index in [0.29, 0.717) is 36.1 Å². The van der Waals surface area contributed by atoms with Crippen molar-refractivity contribution in [2.45, 2.75) is 59.9 Å². The second-order valence-corrected chi connectivity index (χ2v) is 6.84. The largest absolute Gasteiger partial charge is 0.356 e. The van der Waals surface area contributed by atoms with E-state index < -0.39 is 0 Å². The van der Waals surface area contributed by atoms with Crippen molar-refractivity contribution in [1.82, 2.24) is 10.6 Å². The van der Waals surface area contributed by atoms with Crippen LogP contribution in [0.25, 0.3) is 0 Å². The highest BCUT2D eigenvalue weighted by atomic mass is 16.1. The van der Waals surface area contributed by atoms with E-state index in [1.54, 1.807) is 0 Å². The molecular weight excluding hydrogens is 236 g/mol. The first-order chi connectivity index (χ1) is 8.91. The van der Waals surface area contributed by atoms with Crippen molar-refractivity contribution in [3.8, 4) is 0 Å². The Labute approximate surface area is 118 Å². The van der Waals surface area contributed by atoms with Crippen LogP contribution < -0.4 is 10.6 Å². The molecule has 19 heavy (non-hydrogen) atoms. The molecule has 1 heterocycles. The van der Waals surface area contributed by atoms with E-state index in [1.807, 2.05) is 0 Å². The SMILES string of the molecule is CC(C)C(CNC(=O)CC1NCCCC1C)C(C)C. The summed E-state index contributed by atoms with van der Waals surface area (Å²) >= 11 is 0. The number of hydrogen-bond donors (Lipinski definition) is 2. The summed E-state index contributed by atoms with van der Waals surface area (Å²) in [4.78, 5) is 12.1. The lowest BCUT2D eigenvalue weighted by Crippen LogP contribution is -2.44. The Bertz CT molecular complexity index is 268. The van der Waals surface area contributed by atoms with Crippen LogP contribution >= 0.6 is 0 Å². The van der Waals surface area contributed by atoms with Crippen molar-refractivity contribution < 1.29 is 4.79 Å². The van der Waals surface area contributed by atoms with Crippen LogP contribution in [0.3, 0.4) is 0 Å². The first kappa shape index (κ1) is 16.5. The summed E-state index contributed by atoms with van der Waals surface area (Å²) in [7, 11) is 0. The normalized spacial score (nSPS) is 24.2. The number of hydrogen-bond acceptors (Lipinski definition) is 2. The Morgan fingerprint density at radius 3 is 2.42 bits per heavy atom. The minimum Gasteiger partial charge on any atom is -0.356 e. The molecule has 3 nitrogen and oxygen atoms in total. The zero-order chi connectivity index (χ0) is 14.4. The highest BCUT2D eigenvalue weighted by molar-refractivity contribution is 5.76. The molecule has 2 unspecified atom stereocenters. The lowest BCUT2D eigenvalue weighted by molar-refractivity contribution is -0.122. The highest BCUT2D eigenvalue weighted by Crippen LogP contribution is 2.20. The standard InChI is InChI=1S/C16H32N2O/c1-11(2)14(12(3)4)10-18-16(19)9-15-13(5)7-6-8-17-15/h11-15,17H,6-10H2,1-5H3,(H,18,19). The quantitative estimate of drug-likeness (QED) is 0.778. The Morgan fingerprint density at radius 2 is 1.89 bits per heavy atom. The van der Waals surface area contributed by atoms with E-state index in [0.717, 1.165) is 13.1 Å². The second-order valence-electron chi connectivity index (χ2n) is 6.84. The van der Waals surface area contributed by atoms with E-state index in [4.69, 9.17) is 0 Å². The summed E-state index contributed by atoms with van der Waals surface area (Å²) in [5.74, 6) is 2.63. The minimum absolute atomic E-state index is 0.206. The van der Waals surface area contributed by atoms with Crippen molar-refractivity contribution >= 4 is 5.91 Å². The lowest BCUT2D eigenvalue weighted by atomic mass is 9.85. The Kier molecular flexibility index (Phi) is 6.84. The van der Waals surface area contributed by atoms with Crippen molar-refractivity contribution in [2.24, 2.45) is 23.7 Å². The van der Waals surface area contributed by atoms with Gasteiger partial charge in [-0.05, 0) is 43.1 Å². The molecule has 0 bridgehead atoms. The summed E-state index contributed by atoms with van der Waals surface area (Å²) in [6, 6.07) is 0.366. The zero-order valence-corrected chi connectivity index (χ0v) is 13.3. The Hall–Kier alpha value is -0.570. The molecule has 2 N–H and O–H groups in total. The van der Waals surface area contributed by atoms with Gasteiger partial charge in [-0.25, -0.2) is 0 Å². The number of piperidine rings is 1. The monoisotopic (exact) mass is 268 g/mol. The van der Waals surface area contributed by atoms with Crippen LogP contribution in [-0.2, 0) is 4.79 Å². The third-order valence-corrected chi connectivity index (χ3v) is 4.58. The lowest BCUT2D eigenvalue weighted by Gasteiger charge is -2.30. The van der Waals surface area contributed by atoms with Crippen molar-refractivity contribution in [1.29, 1.82) is 0 Å². The van der Waals surface area contributed by atoms with Crippen LogP contribution in [0.15, 0.2) is 0 Å². The van der Waals surface area contributed by atoms with Crippen LogP contribution in [-0.4, -0.2) is 25.0 Å². The van der Waals surface area contributed by atoms with Crippen LogP contribution in [0.4, 0.5) is 0 Å². The van der Waals surface area contributed by atoms with Gasteiger partial charge in [0.25, 0.3) is 0 Å². The molecule has 1 fully saturated rings. The number of carbonyl (C=O) groups is 1. The topological polar surface area (TPSA) is 41.1 Å². The molecule has 0 saturated carbocycles. The van der Waals surface area contributed by atoms with Gasteiger partial charge in [0.15, 0.2) is 0 Å². The summed E-state index contributed by atoms with van der Waals surface area (Å²) in [5, 5.41) is 6.61. The molecule has 3 heteroatoms. The van der Waals surface area contributed by atoms with Gasteiger partial charge in [-0.3, -0.25) is 4.79 Å². The van der Waals surface area contributed by atoms with Gasteiger partial charge in [0.2, 0.25) is 5.91 Å². The van der Waals surface area contributed by atoms with Crippen LogP contribution in [0, 0.1) is 23.7 Å². The highest BCUT2D eigenvalue weighted by Gasteiger charge is 2.24. The molecule has 1 amide bonds. The number of amides is 1. The average Bonchev–Trinajstić information content (AvgIpc) is 2.31. The van der Waals surface area contributed by atoms with Crippen molar-refractivity contribution in [3.05, 3.63) is 0 Å². The first-order valence-corrected chi connectivity index (χ1v) is 7.91. The fourth-order valence-corrected chi connectivity index (χ4v) is 3.13. The third kappa shape index (κ3) is 5.52. The summed E-state index contributed by atoms with van der Waals surface area (Å²) in [6.45, 7) is 13.1. The van der Waals surface area contributed by atoms with Gasteiger partial charge in [0.05, 0.1) is 0 Å². The van der Waals surface area contributed by atoms with Crippen molar-refractivity contribution in [3.63, 3.8) is 0 Å². The molecule has 1 saturated heterocycles. The van der Waals surface area contributed by atoms with Crippen LogP contribution in [0.2, 0.25) is 0 Å². The molecule has 0 aromatic carbocycles. The fraction of sp³-hybridized carbons (Fsp3) is 0.938. The third-order valence-electron chi connectivity index (χ3n) is 4.58. The van der Waals surface area contributed by atoms with E-state index in [-0.39, 0.29) is 5.91 Å². The maximum Gasteiger partial charge on any atom is 0.221 e. The van der Waals surface area contributed by atoms with Crippen LogP contribution in [0.5, 0.6) is 0 Å². The van der Waals surface area contributed by atoms with Gasteiger partial charge in [0, 0.05) is 19.0 Å². The predicted octanol–water partition coefficient (Wildman–Crippen LogP) is 2.81. The summed E-state index contributed by atoms with van der Waals surface area (Å²) in [5.41, 5.74) is 0. The van der Waals surface area contributed by atoms with E-state index in [1.165, 1.54) is 12.8 Å². The van der Waals surface area contributed by atoms with E-state index in [9.17, 15) is 4.79 Å². The summed E-state index contributed by atoms with van der Waals surface area (Å²) < 4.78 is 0. The van der Waals surface area contributed by atoms with E-state index in [2.05, 4.69) is 45.3 Å². The van der Waals surface area contributed by atoms with Gasteiger partial charge >= 0.3 is 0 Å². The molecule has 1 aliphatic rings. The summed E-state index contributed by atoms with van der Waals surface area (Å²) in [6.07, 6.45) is 3.11. The van der Waals surface area contributed by atoms with E-state index >= 15 is 0 Å². The molecule has 0 aromatic rings.